The Morgan fingerprint density at radius 2 is 1.90 bits per heavy atom. The molecule has 1 aromatic carbocycles. The van der Waals surface area contributed by atoms with Crippen molar-refractivity contribution in [1.29, 1.82) is 0 Å². The van der Waals surface area contributed by atoms with Gasteiger partial charge in [-0.3, -0.25) is 14.2 Å². The number of nitrogens with zero attached hydrogens (tertiary/aromatic N) is 3. The van der Waals surface area contributed by atoms with Gasteiger partial charge in [-0.15, -0.1) is 0 Å². The highest BCUT2D eigenvalue weighted by Crippen LogP contribution is 2.43. The van der Waals surface area contributed by atoms with Gasteiger partial charge in [0.05, 0.1) is 13.0 Å². The van der Waals surface area contributed by atoms with Crippen LogP contribution in [0, 0.1) is 12.4 Å². The average Bonchev–Trinajstić information content (AvgIpc) is 3.47. The Labute approximate surface area is 180 Å². The minimum absolute atomic E-state index is 0.0918. The van der Waals surface area contributed by atoms with Crippen molar-refractivity contribution in [2.24, 2.45) is 0 Å². The van der Waals surface area contributed by atoms with Crippen LogP contribution in [0.5, 0.6) is 0 Å². The van der Waals surface area contributed by atoms with E-state index in [0.29, 0.717) is 17.9 Å². The van der Waals surface area contributed by atoms with Crippen molar-refractivity contribution in [2.75, 3.05) is 0 Å². The lowest BCUT2D eigenvalue weighted by Crippen LogP contribution is -2.32. The summed E-state index contributed by atoms with van der Waals surface area (Å²) in [5.41, 5.74) is -1.98. The summed E-state index contributed by atoms with van der Waals surface area (Å²) in [4.78, 5) is 32.6. The molecule has 1 fully saturated rings. The summed E-state index contributed by atoms with van der Waals surface area (Å²) >= 11 is 5.82. The van der Waals surface area contributed by atoms with Crippen LogP contribution in [-0.2, 0) is 17.8 Å². The molecule has 0 radical (unpaired) electrons. The lowest BCUT2D eigenvalue weighted by molar-refractivity contribution is -0.135. The topological polar surface area (TPSA) is 56.3 Å². The summed E-state index contributed by atoms with van der Waals surface area (Å²) in [6.45, 7) is 6.62. The van der Waals surface area contributed by atoms with E-state index < -0.39 is 41.8 Å². The van der Waals surface area contributed by atoms with E-state index in [9.17, 15) is 27.2 Å². The largest absolute Gasteiger partial charge is 0.389 e. The maximum atomic E-state index is 14.8. The van der Waals surface area contributed by atoms with Crippen LogP contribution in [0.2, 0.25) is 5.02 Å². The van der Waals surface area contributed by atoms with Crippen LogP contribution in [0.25, 0.3) is 16.1 Å². The molecule has 3 rings (SSSR count). The number of ketones is 1. The maximum absolute atomic E-state index is 14.8. The molecule has 1 aromatic heterocycles. The second-order valence-electron chi connectivity index (χ2n) is 7.61. The first-order valence-corrected chi connectivity index (χ1v) is 9.94. The first-order chi connectivity index (χ1) is 14.5. The van der Waals surface area contributed by atoms with Crippen molar-refractivity contribution in [2.45, 2.75) is 56.8 Å². The molecule has 1 saturated carbocycles. The van der Waals surface area contributed by atoms with Gasteiger partial charge in [-0.2, -0.15) is 17.6 Å². The average molecular weight is 456 g/mol. The fourth-order valence-corrected chi connectivity index (χ4v) is 3.37. The number of Topliss-reactive ketones (excluding diaryl/α,β-unsaturated/α-hetero) is 1. The Hall–Kier alpha value is -2.73. The molecular weight excluding hydrogens is 438 g/mol. The van der Waals surface area contributed by atoms with Crippen LogP contribution in [0.15, 0.2) is 29.1 Å². The normalized spacial score (nSPS) is 14.8. The molecule has 0 aliphatic heterocycles. The Morgan fingerprint density at radius 3 is 2.45 bits per heavy atom. The molecular formula is C21H18ClF4N3O2. The molecule has 1 aliphatic carbocycles. The standard InChI is InChI=1S/C21H18ClF4N3O2/c1-27-20(9-10-20)11-15(30)12-29-16(3-2-8-21(24,25)26)28-18(17(23)19(29)31)13-4-6-14(22)7-5-13/h4-7H,2-3,8-12H2. The molecule has 1 heterocycles. The summed E-state index contributed by atoms with van der Waals surface area (Å²) < 4.78 is 53.4. The number of halogens is 5. The van der Waals surface area contributed by atoms with E-state index in [-0.39, 0.29) is 36.3 Å². The molecule has 10 heteroatoms. The molecule has 1 aliphatic rings. The highest BCUT2D eigenvalue weighted by molar-refractivity contribution is 6.30. The van der Waals surface area contributed by atoms with Crippen molar-refractivity contribution in [3.63, 3.8) is 0 Å². The number of carbonyl (C=O) groups excluding carboxylic acids is 1. The minimum Gasteiger partial charge on any atom is -0.310 e. The third-order valence-corrected chi connectivity index (χ3v) is 5.35. The molecule has 0 atom stereocenters. The highest BCUT2D eigenvalue weighted by atomic mass is 35.5. The van der Waals surface area contributed by atoms with Crippen molar-refractivity contribution >= 4 is 17.4 Å². The smallest absolute Gasteiger partial charge is 0.310 e. The van der Waals surface area contributed by atoms with E-state index in [4.69, 9.17) is 18.2 Å². The second-order valence-corrected chi connectivity index (χ2v) is 8.05. The molecule has 164 valence electrons. The van der Waals surface area contributed by atoms with Gasteiger partial charge in [0.1, 0.15) is 11.5 Å². The van der Waals surface area contributed by atoms with Crippen LogP contribution >= 0.6 is 11.6 Å². The van der Waals surface area contributed by atoms with Crippen molar-refractivity contribution in [3.8, 4) is 11.3 Å². The van der Waals surface area contributed by atoms with Gasteiger partial charge in [0.2, 0.25) is 11.4 Å². The van der Waals surface area contributed by atoms with Crippen LogP contribution in [0.4, 0.5) is 17.6 Å². The summed E-state index contributed by atoms with van der Waals surface area (Å²) in [7, 11) is 0. The number of benzene rings is 1. The van der Waals surface area contributed by atoms with Gasteiger partial charge in [-0.1, -0.05) is 23.7 Å². The highest BCUT2D eigenvalue weighted by Gasteiger charge is 2.52. The molecule has 31 heavy (non-hydrogen) atoms. The van der Waals surface area contributed by atoms with Crippen LogP contribution in [-0.4, -0.2) is 27.0 Å². The molecule has 0 saturated heterocycles. The SMILES string of the molecule is [C-]#[N+]C1(CC(=O)Cn2c(CCCC(F)(F)F)nc(-c3ccc(Cl)cc3)c(F)c2=O)CC1. The first kappa shape index (κ1) is 22.9. The fraction of sp³-hybridized carbons (Fsp3) is 0.429. The Kier molecular flexibility index (Phi) is 6.51. The lowest BCUT2D eigenvalue weighted by atomic mass is 10.1. The summed E-state index contributed by atoms with van der Waals surface area (Å²) in [6, 6.07) is 5.81. The van der Waals surface area contributed by atoms with Gasteiger partial charge < -0.3 is 4.85 Å². The number of aromatic nitrogens is 2. The molecule has 2 aromatic rings. The first-order valence-electron chi connectivity index (χ1n) is 9.56. The summed E-state index contributed by atoms with van der Waals surface area (Å²) in [5.74, 6) is -1.78. The van der Waals surface area contributed by atoms with Crippen LogP contribution < -0.4 is 5.56 Å². The molecule has 5 nitrogen and oxygen atoms in total. The Bertz CT molecular complexity index is 1080. The van der Waals surface area contributed by atoms with E-state index in [1.165, 1.54) is 24.3 Å². The number of hydrogen-bond acceptors (Lipinski definition) is 3. The monoisotopic (exact) mass is 455 g/mol. The zero-order valence-corrected chi connectivity index (χ0v) is 17.1. The van der Waals surface area contributed by atoms with Gasteiger partial charge >= 0.3 is 6.18 Å². The fourth-order valence-electron chi connectivity index (χ4n) is 3.25. The molecule has 0 amide bonds. The zero-order valence-electron chi connectivity index (χ0n) is 16.3. The summed E-state index contributed by atoms with van der Waals surface area (Å²) in [6.07, 6.45) is -5.10. The number of carbonyl (C=O) groups is 1. The van der Waals surface area contributed by atoms with Crippen LogP contribution in [0.3, 0.4) is 0 Å². The predicted octanol–water partition coefficient (Wildman–Crippen LogP) is 5.00. The quantitative estimate of drug-likeness (QED) is 0.416. The Morgan fingerprint density at radius 1 is 1.26 bits per heavy atom. The third kappa shape index (κ3) is 5.70. The van der Waals surface area contributed by atoms with Gasteiger partial charge in [0, 0.05) is 36.3 Å². The van der Waals surface area contributed by atoms with Crippen LogP contribution in [0.1, 0.15) is 37.9 Å². The number of rotatable bonds is 8. The van der Waals surface area contributed by atoms with E-state index in [0.717, 1.165) is 4.57 Å². The summed E-state index contributed by atoms with van der Waals surface area (Å²) in [5, 5.41) is 0.377. The van der Waals surface area contributed by atoms with Gasteiger partial charge in [0.25, 0.3) is 5.56 Å². The van der Waals surface area contributed by atoms with Gasteiger partial charge in [0.15, 0.2) is 5.78 Å². The molecule has 0 unspecified atom stereocenters. The van der Waals surface area contributed by atoms with Crippen molar-refractivity contribution in [1.82, 2.24) is 9.55 Å². The number of aryl methyl sites for hydroxylation is 1. The number of alkyl halides is 3. The molecule has 0 N–H and O–H groups in total. The van der Waals surface area contributed by atoms with Crippen molar-refractivity contribution in [3.05, 3.63) is 62.7 Å². The van der Waals surface area contributed by atoms with E-state index in [1.54, 1.807) is 0 Å². The number of hydrogen-bond donors (Lipinski definition) is 0. The van der Waals surface area contributed by atoms with E-state index in [1.807, 2.05) is 0 Å². The molecule has 0 bridgehead atoms. The maximum Gasteiger partial charge on any atom is 0.389 e. The van der Waals surface area contributed by atoms with Crippen molar-refractivity contribution < 1.29 is 22.4 Å². The van der Waals surface area contributed by atoms with Gasteiger partial charge in [-0.05, 0) is 18.6 Å². The van der Waals surface area contributed by atoms with E-state index >= 15 is 0 Å². The zero-order chi connectivity index (χ0) is 22.8. The van der Waals surface area contributed by atoms with E-state index in [2.05, 4.69) is 9.83 Å². The predicted molar refractivity (Wildman–Crippen MR) is 106 cm³/mol. The van der Waals surface area contributed by atoms with Gasteiger partial charge in [-0.25, -0.2) is 11.6 Å². The molecule has 0 spiro atoms. The minimum atomic E-state index is -4.39. The lowest BCUT2D eigenvalue weighted by Gasteiger charge is -2.15. The third-order valence-electron chi connectivity index (χ3n) is 5.10. The second kappa shape index (κ2) is 8.79. The Balaban J connectivity index is 1.96.